The molecule has 0 saturated carbocycles. The van der Waals surface area contributed by atoms with Gasteiger partial charge in [0.25, 0.3) is 0 Å². The number of hydrogen-bond donors (Lipinski definition) is 2. The van der Waals surface area contributed by atoms with Crippen molar-refractivity contribution < 1.29 is 35.6 Å². The van der Waals surface area contributed by atoms with E-state index in [9.17, 15) is 35.6 Å². The van der Waals surface area contributed by atoms with E-state index in [0.717, 1.165) is 18.6 Å². The number of nitrogens with two attached hydrogens (primary N) is 1. The van der Waals surface area contributed by atoms with Crippen LogP contribution in [0, 0.1) is 11.6 Å². The summed E-state index contributed by atoms with van der Waals surface area (Å²) in [7, 11) is -4.21. The van der Waals surface area contributed by atoms with E-state index in [-0.39, 0.29) is 43.9 Å². The number of sulfonamides is 1. The quantitative estimate of drug-likeness (QED) is 0.437. The Kier molecular flexibility index (Phi) is 9.10. The normalized spacial score (nSPS) is 25.8. The van der Waals surface area contributed by atoms with Gasteiger partial charge in [0.05, 0.1) is 5.57 Å². The number of aryl methyl sites for hydroxylation is 1. The number of piperidine rings is 1. The fraction of sp³-hybridized carbons (Fsp3) is 0.586. The zero-order valence-electron chi connectivity index (χ0n) is 23.3. The third kappa shape index (κ3) is 6.14. The lowest BCUT2D eigenvalue weighted by Crippen LogP contribution is -2.46. The van der Waals surface area contributed by atoms with Gasteiger partial charge < -0.3 is 16.0 Å². The molecule has 0 spiro atoms. The van der Waals surface area contributed by atoms with Gasteiger partial charge in [0.2, 0.25) is 21.8 Å². The molecule has 1 aromatic carbocycles. The summed E-state index contributed by atoms with van der Waals surface area (Å²) in [5, 5.41) is 2.61. The van der Waals surface area contributed by atoms with Crippen molar-refractivity contribution in [1.29, 1.82) is 0 Å². The molecule has 8 nitrogen and oxygen atoms in total. The summed E-state index contributed by atoms with van der Waals surface area (Å²) in [5.74, 6) is -4.35. The molecule has 13 heteroatoms. The Morgan fingerprint density at radius 2 is 1.74 bits per heavy atom. The van der Waals surface area contributed by atoms with Crippen LogP contribution in [0.1, 0.15) is 68.4 Å². The summed E-state index contributed by atoms with van der Waals surface area (Å²) in [5.41, 5.74) is 7.22. The molecule has 2 aliphatic carbocycles. The zero-order chi connectivity index (χ0) is 30.2. The number of carbonyl (C=O) groups is 2. The number of allylic oxidation sites excluding steroid dienone is 2. The molecule has 2 aliphatic heterocycles. The Morgan fingerprint density at radius 3 is 2.48 bits per heavy atom. The molecule has 5 rings (SSSR count). The highest BCUT2D eigenvalue weighted by atomic mass is 32.2. The van der Waals surface area contributed by atoms with Crippen molar-refractivity contribution in [2.45, 2.75) is 82.0 Å². The van der Waals surface area contributed by atoms with Crippen LogP contribution in [-0.4, -0.2) is 73.9 Å². The van der Waals surface area contributed by atoms with Crippen LogP contribution in [0.2, 0.25) is 0 Å². The summed E-state index contributed by atoms with van der Waals surface area (Å²) < 4.78 is 84.1. The Hall–Kier alpha value is -2.77. The van der Waals surface area contributed by atoms with Gasteiger partial charge >= 0.3 is 0 Å². The average Bonchev–Trinajstić information content (AvgIpc) is 3.59. The summed E-state index contributed by atoms with van der Waals surface area (Å²) in [6, 6.07) is 1.34. The molecule has 2 amide bonds. The molecule has 230 valence electrons. The van der Waals surface area contributed by atoms with E-state index in [1.807, 2.05) is 0 Å². The second-order valence-electron chi connectivity index (χ2n) is 11.6. The first kappa shape index (κ1) is 30.7. The lowest BCUT2D eigenvalue weighted by molar-refractivity contribution is -0.133. The maximum Gasteiger partial charge on any atom is 0.250 e. The number of benzene rings is 1. The maximum atomic E-state index is 14.8. The number of amides is 2. The van der Waals surface area contributed by atoms with Crippen molar-refractivity contribution in [3.8, 4) is 0 Å². The second kappa shape index (κ2) is 12.5. The minimum atomic E-state index is -4.21. The monoisotopic (exact) mass is 612 g/mol. The largest absolute Gasteiger partial charge is 0.350 e. The maximum absolute atomic E-state index is 14.8. The number of likely N-dealkylation sites (tertiary alicyclic amines) is 1. The minimum Gasteiger partial charge on any atom is -0.350 e. The molecule has 0 radical (unpaired) electrons. The lowest BCUT2D eigenvalue weighted by Gasteiger charge is -2.29. The molecule has 4 atom stereocenters. The van der Waals surface area contributed by atoms with Crippen LogP contribution in [0.25, 0.3) is 0 Å². The van der Waals surface area contributed by atoms with Gasteiger partial charge in [0.1, 0.15) is 16.9 Å². The van der Waals surface area contributed by atoms with Crippen LogP contribution in [0.5, 0.6) is 0 Å². The highest BCUT2D eigenvalue weighted by Gasteiger charge is 2.38. The first-order valence-electron chi connectivity index (χ1n) is 14.5. The SMILES string of the molecule is NC(CC(=O)N1CCCC1CNC(=O)C1=CC(S(=O)(=O)N2CCCCC2)=C(F)CC1F)C1CCc2cc(F)c(F)cc21. The standard InChI is InChI=1S/C29H36F4N4O4S/c30-22-14-25(33)27(42(40,41)36-8-2-1-3-9-36)13-21(22)29(39)35-16-18-5-4-10-37(18)28(38)15-26(34)19-7-6-17-11-23(31)24(32)12-20(17)19/h11-13,18-19,22,26H,1-10,14-16,34H2,(H,35,39). The topological polar surface area (TPSA) is 113 Å². The Bertz CT molecular complexity index is 1410. The van der Waals surface area contributed by atoms with Crippen molar-refractivity contribution in [2.75, 3.05) is 26.2 Å². The van der Waals surface area contributed by atoms with Gasteiger partial charge in [0, 0.05) is 57.0 Å². The summed E-state index contributed by atoms with van der Waals surface area (Å²) >= 11 is 0. The van der Waals surface area contributed by atoms with E-state index >= 15 is 0 Å². The van der Waals surface area contributed by atoms with E-state index in [4.69, 9.17) is 5.73 Å². The van der Waals surface area contributed by atoms with Gasteiger partial charge in [-0.1, -0.05) is 6.42 Å². The van der Waals surface area contributed by atoms with E-state index < -0.39 is 62.5 Å². The highest BCUT2D eigenvalue weighted by Crippen LogP contribution is 2.37. The molecule has 2 saturated heterocycles. The zero-order valence-corrected chi connectivity index (χ0v) is 24.1. The first-order valence-corrected chi connectivity index (χ1v) is 16.0. The molecule has 3 N–H and O–H groups in total. The minimum absolute atomic E-state index is 0.00102. The van der Waals surface area contributed by atoms with Gasteiger partial charge in [-0.15, -0.1) is 0 Å². The van der Waals surface area contributed by atoms with Crippen molar-refractivity contribution in [1.82, 2.24) is 14.5 Å². The van der Waals surface area contributed by atoms with Crippen molar-refractivity contribution >= 4 is 21.8 Å². The molecule has 4 aliphatic rings. The number of alkyl halides is 1. The Balaban J connectivity index is 1.21. The van der Waals surface area contributed by atoms with E-state index in [1.165, 1.54) is 10.4 Å². The number of nitrogens with zero attached hydrogens (tertiary/aromatic N) is 2. The predicted molar refractivity (Wildman–Crippen MR) is 148 cm³/mol. The summed E-state index contributed by atoms with van der Waals surface area (Å²) in [6.07, 6.45) is 2.48. The Labute approximate surface area is 243 Å². The number of hydrogen-bond acceptors (Lipinski definition) is 5. The van der Waals surface area contributed by atoms with Gasteiger partial charge in [-0.05, 0) is 67.9 Å². The van der Waals surface area contributed by atoms with E-state index in [0.29, 0.717) is 56.2 Å². The fourth-order valence-electron chi connectivity index (χ4n) is 6.57. The van der Waals surface area contributed by atoms with Gasteiger partial charge in [-0.2, -0.15) is 4.31 Å². The van der Waals surface area contributed by atoms with E-state index in [1.54, 1.807) is 4.90 Å². The van der Waals surface area contributed by atoms with Crippen molar-refractivity contribution in [2.24, 2.45) is 5.73 Å². The summed E-state index contributed by atoms with van der Waals surface area (Å²) in [6.45, 7) is 0.922. The van der Waals surface area contributed by atoms with Gasteiger partial charge in [0.15, 0.2) is 11.6 Å². The number of rotatable bonds is 8. The third-order valence-electron chi connectivity index (χ3n) is 8.87. The van der Waals surface area contributed by atoms with Crippen LogP contribution >= 0.6 is 0 Å². The molecule has 4 unspecified atom stereocenters. The number of fused-ring (bicyclic) bond motifs is 1. The fourth-order valence-corrected chi connectivity index (χ4v) is 8.23. The molecule has 2 fully saturated rings. The molecule has 2 heterocycles. The molecular weight excluding hydrogens is 576 g/mol. The van der Waals surface area contributed by atoms with Crippen LogP contribution in [0.15, 0.2) is 34.5 Å². The second-order valence-corrected chi connectivity index (χ2v) is 13.5. The van der Waals surface area contributed by atoms with Crippen LogP contribution in [-0.2, 0) is 26.0 Å². The third-order valence-corrected chi connectivity index (χ3v) is 10.8. The van der Waals surface area contributed by atoms with Crippen LogP contribution < -0.4 is 11.1 Å². The number of nitrogens with one attached hydrogen (secondary N) is 1. The van der Waals surface area contributed by atoms with Crippen LogP contribution in [0.4, 0.5) is 17.6 Å². The van der Waals surface area contributed by atoms with E-state index in [2.05, 4.69) is 5.32 Å². The highest BCUT2D eigenvalue weighted by molar-refractivity contribution is 7.93. The van der Waals surface area contributed by atoms with Gasteiger partial charge in [-0.3, -0.25) is 9.59 Å². The molecule has 0 aromatic heterocycles. The van der Waals surface area contributed by atoms with Crippen LogP contribution in [0.3, 0.4) is 0 Å². The molecule has 0 bridgehead atoms. The van der Waals surface area contributed by atoms with Crippen molar-refractivity contribution in [3.63, 3.8) is 0 Å². The Morgan fingerprint density at radius 1 is 1.02 bits per heavy atom. The smallest absolute Gasteiger partial charge is 0.250 e. The van der Waals surface area contributed by atoms with Gasteiger partial charge in [-0.25, -0.2) is 26.0 Å². The predicted octanol–water partition coefficient (Wildman–Crippen LogP) is 3.48. The van der Waals surface area contributed by atoms with Crippen molar-refractivity contribution in [3.05, 3.63) is 57.3 Å². The molecular formula is C29H36F4N4O4S. The molecule has 1 aromatic rings. The molecule has 42 heavy (non-hydrogen) atoms. The number of carbonyl (C=O) groups excluding carboxylic acids is 2. The lowest BCUT2D eigenvalue weighted by atomic mass is 9.91. The first-order chi connectivity index (χ1) is 20.0. The summed E-state index contributed by atoms with van der Waals surface area (Å²) in [4.78, 5) is 27.1. The number of halogens is 4. The average molecular weight is 613 g/mol.